The van der Waals surface area contributed by atoms with E-state index in [0.29, 0.717) is 36.9 Å². The van der Waals surface area contributed by atoms with E-state index in [-0.39, 0.29) is 16.7 Å². The molecular formula is C32H44N2O4. The minimum atomic E-state index is -0.657. The highest BCUT2D eigenvalue weighted by Crippen LogP contribution is 2.40. The van der Waals surface area contributed by atoms with Crippen molar-refractivity contribution in [1.29, 1.82) is 0 Å². The normalized spacial score (nSPS) is 17.6. The lowest BCUT2D eigenvalue weighted by molar-refractivity contribution is -0.140. The maximum absolute atomic E-state index is 13.4. The van der Waals surface area contributed by atoms with Gasteiger partial charge in [0.2, 0.25) is 0 Å². The van der Waals surface area contributed by atoms with Crippen molar-refractivity contribution in [3.63, 3.8) is 0 Å². The first-order valence-corrected chi connectivity index (χ1v) is 13.7. The number of amides is 1. The van der Waals surface area contributed by atoms with Crippen LogP contribution in [0.4, 0.5) is 0 Å². The second-order valence-electron chi connectivity index (χ2n) is 11.6. The summed E-state index contributed by atoms with van der Waals surface area (Å²) in [5, 5.41) is 11.5. The van der Waals surface area contributed by atoms with Crippen LogP contribution in [-0.4, -0.2) is 59.4 Å². The van der Waals surface area contributed by atoms with Crippen LogP contribution in [0.15, 0.2) is 48.0 Å². The van der Waals surface area contributed by atoms with Crippen molar-refractivity contribution in [3.05, 3.63) is 70.3 Å². The Balaban J connectivity index is 2.09. The van der Waals surface area contributed by atoms with E-state index in [0.717, 1.165) is 29.8 Å². The summed E-state index contributed by atoms with van der Waals surface area (Å²) >= 11 is 0. The minimum Gasteiger partial charge on any atom is -0.507 e. The smallest absolute Gasteiger partial charge is 0.295 e. The second kappa shape index (κ2) is 12.2. The summed E-state index contributed by atoms with van der Waals surface area (Å²) in [5.74, 6) is -0.266. The molecule has 1 fully saturated rings. The Bertz CT molecular complexity index is 1170. The summed E-state index contributed by atoms with van der Waals surface area (Å²) in [6.07, 6.45) is 0. The van der Waals surface area contributed by atoms with E-state index in [1.807, 2.05) is 37.3 Å². The number of ether oxygens (including phenoxy) is 1. The van der Waals surface area contributed by atoms with Gasteiger partial charge in [0.05, 0.1) is 18.2 Å². The van der Waals surface area contributed by atoms with E-state index < -0.39 is 17.7 Å². The number of carbonyl (C=O) groups excluding carboxylic acids is 2. The molecule has 1 saturated heterocycles. The molecule has 0 radical (unpaired) electrons. The summed E-state index contributed by atoms with van der Waals surface area (Å²) in [5.41, 5.74) is 3.39. The topological polar surface area (TPSA) is 70.1 Å². The third-order valence-corrected chi connectivity index (χ3v) is 7.22. The average molecular weight is 521 g/mol. The van der Waals surface area contributed by atoms with E-state index in [4.69, 9.17) is 4.74 Å². The molecule has 2 aromatic rings. The predicted molar refractivity (Wildman–Crippen MR) is 153 cm³/mol. The molecule has 6 nitrogen and oxygen atoms in total. The average Bonchev–Trinajstić information content (AvgIpc) is 3.12. The molecule has 1 heterocycles. The molecule has 1 N–H and O–H groups in total. The Kier molecular flexibility index (Phi) is 9.42. The molecule has 0 spiro atoms. The number of aliphatic hydroxyl groups excluding tert-OH is 1. The molecule has 3 rings (SSSR count). The van der Waals surface area contributed by atoms with Gasteiger partial charge in [-0.05, 0) is 66.2 Å². The van der Waals surface area contributed by atoms with Gasteiger partial charge in [-0.25, -0.2) is 0 Å². The molecular weight excluding hydrogens is 476 g/mol. The zero-order valence-electron chi connectivity index (χ0n) is 24.3. The van der Waals surface area contributed by atoms with Gasteiger partial charge < -0.3 is 19.6 Å². The number of hydrogen-bond acceptors (Lipinski definition) is 5. The van der Waals surface area contributed by atoms with Gasteiger partial charge in [-0.15, -0.1) is 0 Å². The van der Waals surface area contributed by atoms with Gasteiger partial charge in [-0.1, -0.05) is 72.7 Å². The fourth-order valence-corrected chi connectivity index (χ4v) is 4.81. The van der Waals surface area contributed by atoms with Crippen molar-refractivity contribution in [2.45, 2.75) is 66.8 Å². The van der Waals surface area contributed by atoms with Crippen LogP contribution in [-0.2, 0) is 15.0 Å². The molecule has 1 amide bonds. The number of carbonyl (C=O) groups is 2. The molecule has 6 heteroatoms. The molecule has 38 heavy (non-hydrogen) atoms. The largest absolute Gasteiger partial charge is 0.507 e. The highest BCUT2D eigenvalue weighted by Gasteiger charge is 2.46. The molecule has 1 aliphatic rings. The number of ketones is 1. The molecule has 206 valence electrons. The summed E-state index contributed by atoms with van der Waals surface area (Å²) in [6, 6.07) is 12.8. The van der Waals surface area contributed by atoms with E-state index in [2.05, 4.69) is 53.4 Å². The Morgan fingerprint density at radius 1 is 1.05 bits per heavy atom. The number of likely N-dealkylation sites (tertiary alicyclic amines) is 1. The van der Waals surface area contributed by atoms with Crippen LogP contribution in [0.2, 0.25) is 0 Å². The number of likely N-dealkylation sites (N-methyl/N-ethyl adjacent to an activating group) is 1. The van der Waals surface area contributed by atoms with Crippen molar-refractivity contribution in [3.8, 4) is 5.75 Å². The minimum absolute atomic E-state index is 0.0282. The van der Waals surface area contributed by atoms with E-state index >= 15 is 0 Å². The maximum Gasteiger partial charge on any atom is 0.295 e. The van der Waals surface area contributed by atoms with Crippen molar-refractivity contribution >= 4 is 17.4 Å². The van der Waals surface area contributed by atoms with Crippen LogP contribution in [0.1, 0.15) is 76.8 Å². The third kappa shape index (κ3) is 6.47. The zero-order chi connectivity index (χ0) is 28.2. The molecule has 0 aromatic heterocycles. The zero-order valence-corrected chi connectivity index (χ0v) is 24.3. The van der Waals surface area contributed by atoms with Gasteiger partial charge in [0, 0.05) is 18.7 Å². The van der Waals surface area contributed by atoms with Crippen molar-refractivity contribution in [2.24, 2.45) is 5.92 Å². The van der Waals surface area contributed by atoms with Crippen LogP contribution < -0.4 is 4.74 Å². The molecule has 0 unspecified atom stereocenters. The number of Topliss-reactive ketones (excluding diaryl/α,β-unsaturated/α-hetero) is 1. The number of benzene rings is 2. The summed E-state index contributed by atoms with van der Waals surface area (Å²) in [4.78, 5) is 30.6. The van der Waals surface area contributed by atoms with Gasteiger partial charge in [-0.3, -0.25) is 9.59 Å². The van der Waals surface area contributed by atoms with Crippen molar-refractivity contribution < 1.29 is 19.4 Å². The highest BCUT2D eigenvalue weighted by atomic mass is 16.5. The number of nitrogens with zero attached hydrogens (tertiary/aromatic N) is 2. The number of aryl methyl sites for hydroxylation is 1. The first-order chi connectivity index (χ1) is 17.9. The standard InChI is InChI=1S/C32H44N2O4/c1-9-33(10-2)17-18-34-28(23-11-13-24(14-12-23)32(6,7)8)27(30(36)31(34)37)29(35)26-16-15-25(19-22(26)5)38-20-21(3)4/h11-16,19,21,28,35H,9-10,17-18,20H2,1-8H3/t28-/m1/s1. The molecule has 1 aliphatic heterocycles. The lowest BCUT2D eigenvalue weighted by Gasteiger charge is -2.29. The van der Waals surface area contributed by atoms with E-state index in [9.17, 15) is 14.7 Å². The fourth-order valence-electron chi connectivity index (χ4n) is 4.81. The first kappa shape index (κ1) is 29.4. The molecule has 0 aliphatic carbocycles. The Labute approximate surface area is 228 Å². The van der Waals surface area contributed by atoms with Gasteiger partial charge >= 0.3 is 0 Å². The van der Waals surface area contributed by atoms with E-state index in [1.54, 1.807) is 17.0 Å². The van der Waals surface area contributed by atoms with Gasteiger partial charge in [0.25, 0.3) is 11.7 Å². The number of aliphatic hydroxyl groups is 1. The summed E-state index contributed by atoms with van der Waals surface area (Å²) in [7, 11) is 0. The highest BCUT2D eigenvalue weighted by molar-refractivity contribution is 6.46. The second-order valence-corrected chi connectivity index (χ2v) is 11.6. The van der Waals surface area contributed by atoms with Crippen LogP contribution in [0.5, 0.6) is 5.75 Å². The van der Waals surface area contributed by atoms with Gasteiger partial charge in [0.15, 0.2) is 0 Å². The monoisotopic (exact) mass is 520 g/mol. The molecule has 1 atom stereocenters. The molecule has 0 saturated carbocycles. The quantitative estimate of drug-likeness (QED) is 0.233. The Hall–Kier alpha value is -3.12. The molecule has 2 aromatic carbocycles. The first-order valence-electron chi connectivity index (χ1n) is 13.7. The fraction of sp³-hybridized carbons (Fsp3) is 0.500. The third-order valence-electron chi connectivity index (χ3n) is 7.22. The maximum atomic E-state index is 13.4. The SMILES string of the molecule is CCN(CC)CCN1C(=O)C(=O)C(=C(O)c2ccc(OCC(C)C)cc2C)[C@H]1c1ccc(C(C)(C)C)cc1. The van der Waals surface area contributed by atoms with Gasteiger partial charge in [0.1, 0.15) is 11.5 Å². The van der Waals surface area contributed by atoms with E-state index in [1.165, 1.54) is 0 Å². The predicted octanol–water partition coefficient (Wildman–Crippen LogP) is 6.09. The van der Waals surface area contributed by atoms with Crippen LogP contribution >= 0.6 is 0 Å². The van der Waals surface area contributed by atoms with Gasteiger partial charge in [-0.2, -0.15) is 0 Å². The lowest BCUT2D eigenvalue weighted by Crippen LogP contribution is -2.38. The Morgan fingerprint density at radius 2 is 1.68 bits per heavy atom. The lowest BCUT2D eigenvalue weighted by atomic mass is 9.85. The number of hydrogen-bond donors (Lipinski definition) is 1. The number of rotatable bonds is 10. The van der Waals surface area contributed by atoms with Crippen LogP contribution in [0.25, 0.3) is 5.76 Å². The summed E-state index contributed by atoms with van der Waals surface area (Å²) < 4.78 is 5.84. The van der Waals surface area contributed by atoms with Crippen LogP contribution in [0, 0.1) is 12.8 Å². The van der Waals surface area contributed by atoms with Crippen LogP contribution in [0.3, 0.4) is 0 Å². The Morgan fingerprint density at radius 3 is 2.21 bits per heavy atom. The molecule has 0 bridgehead atoms. The van der Waals surface area contributed by atoms with Crippen molar-refractivity contribution in [1.82, 2.24) is 9.80 Å². The summed E-state index contributed by atoms with van der Waals surface area (Å²) in [6.45, 7) is 20.0. The van der Waals surface area contributed by atoms with Crippen molar-refractivity contribution in [2.75, 3.05) is 32.8 Å².